The summed E-state index contributed by atoms with van der Waals surface area (Å²) in [6.07, 6.45) is 4.18. The fourth-order valence-corrected chi connectivity index (χ4v) is 3.27. The molecular formula is C21H29N3O3. The first-order chi connectivity index (χ1) is 13.3. The quantitative estimate of drug-likeness (QED) is 0.466. The van der Waals surface area contributed by atoms with Crippen molar-refractivity contribution < 1.29 is 14.3 Å². The molecule has 2 heterocycles. The smallest absolute Gasteiger partial charge is 0.191 e. The molecule has 6 heteroatoms. The van der Waals surface area contributed by atoms with Crippen LogP contribution in [0.2, 0.25) is 0 Å². The Hall–Kier alpha value is -2.31. The molecule has 1 aliphatic rings. The lowest BCUT2D eigenvalue weighted by Gasteiger charge is -2.27. The third-order valence-electron chi connectivity index (χ3n) is 4.96. The van der Waals surface area contributed by atoms with Crippen LogP contribution in [0.3, 0.4) is 0 Å². The van der Waals surface area contributed by atoms with E-state index in [1.165, 1.54) is 5.56 Å². The van der Waals surface area contributed by atoms with Crippen molar-refractivity contribution >= 4 is 5.96 Å². The molecule has 1 unspecified atom stereocenters. The lowest BCUT2D eigenvalue weighted by molar-refractivity contribution is 0.127. The number of hydrogen-bond acceptors (Lipinski definition) is 4. The molecule has 1 atom stereocenters. The first-order valence-corrected chi connectivity index (χ1v) is 9.57. The summed E-state index contributed by atoms with van der Waals surface area (Å²) in [4.78, 5) is 4.73. The average molecular weight is 371 g/mol. The van der Waals surface area contributed by atoms with Crippen LogP contribution in [0.15, 0.2) is 58.1 Å². The molecule has 2 aromatic rings. The van der Waals surface area contributed by atoms with Crippen LogP contribution < -0.4 is 10.6 Å². The van der Waals surface area contributed by atoms with Gasteiger partial charge in [-0.3, -0.25) is 0 Å². The van der Waals surface area contributed by atoms with Crippen molar-refractivity contribution in [2.45, 2.75) is 25.8 Å². The fourth-order valence-electron chi connectivity index (χ4n) is 3.27. The van der Waals surface area contributed by atoms with E-state index in [4.69, 9.17) is 14.1 Å². The zero-order chi connectivity index (χ0) is 18.8. The van der Waals surface area contributed by atoms with Crippen LogP contribution in [0.5, 0.6) is 0 Å². The van der Waals surface area contributed by atoms with Gasteiger partial charge in [-0.25, -0.2) is 4.99 Å². The normalized spacial score (nSPS) is 20.0. The Labute approximate surface area is 160 Å². The van der Waals surface area contributed by atoms with E-state index in [0.29, 0.717) is 13.2 Å². The number of aliphatic hydroxyl groups is 1. The van der Waals surface area contributed by atoms with Gasteiger partial charge >= 0.3 is 0 Å². The van der Waals surface area contributed by atoms with Gasteiger partial charge in [0.15, 0.2) is 5.96 Å². The number of nitrogens with one attached hydrogen (secondary N) is 2. The van der Waals surface area contributed by atoms with Crippen molar-refractivity contribution in [2.75, 3.05) is 32.9 Å². The minimum Gasteiger partial charge on any atom is -0.469 e. The molecule has 0 saturated carbocycles. The van der Waals surface area contributed by atoms with Crippen LogP contribution in [-0.4, -0.2) is 44.0 Å². The molecule has 1 aromatic heterocycles. The molecule has 6 nitrogen and oxygen atoms in total. The summed E-state index contributed by atoms with van der Waals surface area (Å²) >= 11 is 0. The second kappa shape index (κ2) is 10.1. The average Bonchev–Trinajstić information content (AvgIpc) is 3.37. The van der Waals surface area contributed by atoms with E-state index in [0.717, 1.165) is 50.7 Å². The van der Waals surface area contributed by atoms with Crippen LogP contribution in [0.25, 0.3) is 0 Å². The predicted octanol–water partition coefficient (Wildman–Crippen LogP) is 2.35. The van der Waals surface area contributed by atoms with Gasteiger partial charge in [0.2, 0.25) is 0 Å². The number of guanidine groups is 1. The van der Waals surface area contributed by atoms with Gasteiger partial charge in [-0.1, -0.05) is 30.3 Å². The minimum atomic E-state index is -0.0229. The first-order valence-electron chi connectivity index (χ1n) is 9.57. The number of rotatable bonds is 9. The summed E-state index contributed by atoms with van der Waals surface area (Å²) in [5, 5.41) is 16.3. The van der Waals surface area contributed by atoms with E-state index in [1.54, 1.807) is 6.26 Å². The second-order valence-electron chi connectivity index (χ2n) is 7.04. The lowest BCUT2D eigenvalue weighted by Crippen LogP contribution is -2.45. The molecule has 0 radical (unpaired) electrons. The van der Waals surface area contributed by atoms with E-state index in [1.807, 2.05) is 30.3 Å². The van der Waals surface area contributed by atoms with Crippen molar-refractivity contribution in [3.63, 3.8) is 0 Å². The largest absolute Gasteiger partial charge is 0.469 e. The first kappa shape index (κ1) is 19.5. The Bertz CT molecular complexity index is 680. The van der Waals surface area contributed by atoms with Crippen LogP contribution in [-0.2, 0) is 17.7 Å². The molecule has 1 fully saturated rings. The highest BCUT2D eigenvalue weighted by atomic mass is 16.5. The number of aliphatic imine (C=N–C) groups is 1. The number of hydrogen-bond donors (Lipinski definition) is 3. The van der Waals surface area contributed by atoms with Gasteiger partial charge < -0.3 is 24.9 Å². The van der Waals surface area contributed by atoms with E-state index < -0.39 is 0 Å². The van der Waals surface area contributed by atoms with Gasteiger partial charge in [0.25, 0.3) is 0 Å². The molecule has 0 spiro atoms. The molecular weight excluding hydrogens is 342 g/mol. The van der Waals surface area contributed by atoms with Crippen LogP contribution >= 0.6 is 0 Å². The van der Waals surface area contributed by atoms with Crippen LogP contribution in [0, 0.1) is 5.41 Å². The van der Waals surface area contributed by atoms with E-state index in [2.05, 4.69) is 22.8 Å². The van der Waals surface area contributed by atoms with Gasteiger partial charge in [-0.05, 0) is 30.5 Å². The Balaban J connectivity index is 1.59. The van der Waals surface area contributed by atoms with E-state index in [-0.39, 0.29) is 12.0 Å². The molecule has 3 rings (SSSR count). The molecule has 1 saturated heterocycles. The molecule has 0 aliphatic carbocycles. The third-order valence-corrected chi connectivity index (χ3v) is 4.96. The van der Waals surface area contributed by atoms with E-state index in [9.17, 15) is 5.11 Å². The van der Waals surface area contributed by atoms with Gasteiger partial charge in [0.1, 0.15) is 5.76 Å². The zero-order valence-electron chi connectivity index (χ0n) is 15.7. The second-order valence-corrected chi connectivity index (χ2v) is 7.04. The van der Waals surface area contributed by atoms with Crippen LogP contribution in [0.4, 0.5) is 0 Å². The summed E-state index contributed by atoms with van der Waals surface area (Å²) < 4.78 is 11.0. The summed E-state index contributed by atoms with van der Waals surface area (Å²) in [7, 11) is 0. The Morgan fingerprint density at radius 2 is 2.04 bits per heavy atom. The SMILES string of the molecule is OCCC1(CNC(=NCc2ccccc2)NCCc2ccco2)CCOC1. The molecule has 1 aliphatic heterocycles. The maximum absolute atomic E-state index is 9.42. The Kier molecular flexibility index (Phi) is 7.30. The van der Waals surface area contributed by atoms with E-state index >= 15 is 0 Å². The number of aliphatic hydroxyl groups excluding tert-OH is 1. The highest BCUT2D eigenvalue weighted by molar-refractivity contribution is 5.79. The van der Waals surface area contributed by atoms with Crippen molar-refractivity contribution in [1.82, 2.24) is 10.6 Å². The van der Waals surface area contributed by atoms with Gasteiger partial charge in [0, 0.05) is 38.1 Å². The minimum absolute atomic E-state index is 0.0229. The van der Waals surface area contributed by atoms with Crippen molar-refractivity contribution in [2.24, 2.45) is 10.4 Å². The summed E-state index contributed by atoms with van der Waals surface area (Å²) in [6, 6.07) is 14.1. The Morgan fingerprint density at radius 3 is 2.74 bits per heavy atom. The fraction of sp³-hybridized carbons (Fsp3) is 0.476. The van der Waals surface area contributed by atoms with Crippen molar-refractivity contribution in [1.29, 1.82) is 0 Å². The predicted molar refractivity (Wildman–Crippen MR) is 106 cm³/mol. The van der Waals surface area contributed by atoms with Crippen molar-refractivity contribution in [3.8, 4) is 0 Å². The topological polar surface area (TPSA) is 79.0 Å². The van der Waals surface area contributed by atoms with Gasteiger partial charge in [-0.2, -0.15) is 0 Å². The monoisotopic (exact) mass is 371 g/mol. The highest BCUT2D eigenvalue weighted by Crippen LogP contribution is 2.31. The third kappa shape index (κ3) is 6.12. The number of ether oxygens (including phenoxy) is 1. The summed E-state index contributed by atoms with van der Waals surface area (Å²) in [6.45, 7) is 3.68. The standard InChI is InChI=1S/C21H29N3O3/c25-12-9-21(10-14-26-17-21)16-24-20(22-11-8-19-7-4-13-27-19)23-15-18-5-2-1-3-6-18/h1-7,13,25H,8-12,14-17H2,(H2,22,23,24). The molecule has 1 aromatic carbocycles. The van der Waals surface area contributed by atoms with Crippen molar-refractivity contribution in [3.05, 3.63) is 60.1 Å². The lowest BCUT2D eigenvalue weighted by atomic mass is 9.84. The van der Waals surface area contributed by atoms with Gasteiger partial charge in [0.05, 0.1) is 19.4 Å². The number of nitrogens with zero attached hydrogens (tertiary/aromatic N) is 1. The highest BCUT2D eigenvalue weighted by Gasteiger charge is 2.34. The Morgan fingerprint density at radius 1 is 1.15 bits per heavy atom. The molecule has 3 N–H and O–H groups in total. The number of furan rings is 1. The molecule has 27 heavy (non-hydrogen) atoms. The zero-order valence-corrected chi connectivity index (χ0v) is 15.7. The van der Waals surface area contributed by atoms with Crippen LogP contribution in [0.1, 0.15) is 24.2 Å². The maximum Gasteiger partial charge on any atom is 0.191 e. The molecule has 0 bridgehead atoms. The summed E-state index contributed by atoms with van der Waals surface area (Å²) in [5.74, 6) is 1.72. The molecule has 146 valence electrons. The van der Waals surface area contributed by atoms with Gasteiger partial charge in [-0.15, -0.1) is 0 Å². The maximum atomic E-state index is 9.42. The molecule has 0 amide bonds. The number of benzene rings is 1. The summed E-state index contributed by atoms with van der Waals surface area (Å²) in [5.41, 5.74) is 1.14.